The molecule has 0 saturated carbocycles. The Bertz CT molecular complexity index is 694. The molecule has 1 heterocycles. The van der Waals surface area contributed by atoms with Crippen LogP contribution >= 0.6 is 11.6 Å². The Kier molecular flexibility index (Phi) is 3.37. The molecule has 0 unspecified atom stereocenters. The topological polar surface area (TPSA) is 61.0 Å². The molecular formula is C11H9ClF3N3O2. The molecular weight excluding hydrogens is 299 g/mol. The van der Waals surface area contributed by atoms with Crippen LogP contribution in [0.5, 0.6) is 0 Å². The molecule has 0 radical (unpaired) electrons. The summed E-state index contributed by atoms with van der Waals surface area (Å²) in [6, 6.07) is 0.523. The summed E-state index contributed by atoms with van der Waals surface area (Å²) in [5.74, 6) is 0. The Morgan fingerprint density at radius 1 is 1.45 bits per heavy atom. The van der Waals surface area contributed by atoms with Gasteiger partial charge in [0.05, 0.1) is 22.3 Å². The average molecular weight is 308 g/mol. The van der Waals surface area contributed by atoms with Crippen molar-refractivity contribution in [1.82, 2.24) is 9.55 Å². The van der Waals surface area contributed by atoms with E-state index in [0.717, 1.165) is 6.07 Å². The van der Waals surface area contributed by atoms with Gasteiger partial charge < -0.3 is 4.57 Å². The van der Waals surface area contributed by atoms with Gasteiger partial charge in [0.2, 0.25) is 0 Å². The lowest BCUT2D eigenvalue weighted by molar-refractivity contribution is -0.383. The highest BCUT2D eigenvalue weighted by molar-refractivity contribution is 6.34. The van der Waals surface area contributed by atoms with Crippen LogP contribution in [0, 0.1) is 10.1 Å². The van der Waals surface area contributed by atoms with Crippen LogP contribution in [-0.2, 0) is 6.18 Å². The quantitative estimate of drug-likeness (QED) is 0.617. The fraction of sp³-hybridized carbons (Fsp3) is 0.364. The molecule has 1 aromatic heterocycles. The van der Waals surface area contributed by atoms with Gasteiger partial charge in [-0.25, -0.2) is 4.98 Å². The fourth-order valence-corrected chi connectivity index (χ4v) is 2.24. The Labute approximate surface area is 116 Å². The zero-order valence-electron chi connectivity index (χ0n) is 10.4. The molecule has 20 heavy (non-hydrogen) atoms. The first kappa shape index (κ1) is 14.6. The lowest BCUT2D eigenvalue weighted by Gasteiger charge is -2.12. The van der Waals surface area contributed by atoms with Crippen molar-refractivity contribution in [3.05, 3.63) is 33.1 Å². The molecule has 0 aliphatic carbocycles. The van der Waals surface area contributed by atoms with Crippen molar-refractivity contribution < 1.29 is 18.1 Å². The third-order valence-corrected chi connectivity index (χ3v) is 3.20. The normalized spacial score (nSPS) is 12.3. The van der Waals surface area contributed by atoms with Gasteiger partial charge >= 0.3 is 11.9 Å². The first-order valence-electron chi connectivity index (χ1n) is 5.55. The van der Waals surface area contributed by atoms with Crippen LogP contribution in [0.25, 0.3) is 11.0 Å². The fourth-order valence-electron chi connectivity index (χ4n) is 1.92. The molecule has 2 rings (SSSR count). The molecule has 0 fully saturated rings. The number of halogens is 4. The molecule has 2 aromatic rings. The second-order valence-corrected chi connectivity index (χ2v) is 4.83. The zero-order valence-corrected chi connectivity index (χ0v) is 11.2. The van der Waals surface area contributed by atoms with Crippen molar-refractivity contribution in [3.63, 3.8) is 0 Å². The summed E-state index contributed by atoms with van der Waals surface area (Å²) in [7, 11) is 0. The van der Waals surface area contributed by atoms with E-state index in [4.69, 9.17) is 11.6 Å². The summed E-state index contributed by atoms with van der Waals surface area (Å²) in [5, 5.41) is 10.2. The molecule has 0 saturated heterocycles. The monoisotopic (exact) mass is 307 g/mol. The Balaban J connectivity index is 2.94. The highest BCUT2D eigenvalue weighted by atomic mass is 35.5. The van der Waals surface area contributed by atoms with Crippen molar-refractivity contribution in [2.24, 2.45) is 0 Å². The van der Waals surface area contributed by atoms with E-state index >= 15 is 0 Å². The molecule has 1 aromatic carbocycles. The minimum Gasteiger partial charge on any atom is -0.322 e. The highest BCUT2D eigenvalue weighted by Gasteiger charge is 2.39. The van der Waals surface area contributed by atoms with E-state index in [-0.39, 0.29) is 17.1 Å². The van der Waals surface area contributed by atoms with E-state index in [1.54, 1.807) is 13.8 Å². The van der Waals surface area contributed by atoms with Crippen LogP contribution in [0.1, 0.15) is 25.5 Å². The number of aromatic nitrogens is 2. The molecule has 5 nitrogen and oxygen atoms in total. The molecule has 0 spiro atoms. The minimum absolute atomic E-state index is 0.0111. The SMILES string of the molecule is CC(C)n1cnc2cc(C(F)(F)F)c(Cl)c([N+](=O)[O-])c21. The van der Waals surface area contributed by atoms with Gasteiger partial charge in [-0.2, -0.15) is 13.2 Å². The number of nitro groups is 1. The standard InChI is InChI=1S/C11H9ClF3N3O2/c1-5(2)17-4-16-7-3-6(11(13,14)15)8(12)10(9(7)17)18(19)20/h3-5H,1-2H3. The van der Waals surface area contributed by atoms with Crippen molar-refractivity contribution in [1.29, 1.82) is 0 Å². The molecule has 0 N–H and O–H groups in total. The summed E-state index contributed by atoms with van der Waals surface area (Å²) >= 11 is 5.60. The Morgan fingerprint density at radius 3 is 2.50 bits per heavy atom. The lowest BCUT2D eigenvalue weighted by Crippen LogP contribution is -2.09. The van der Waals surface area contributed by atoms with E-state index < -0.39 is 27.4 Å². The largest absolute Gasteiger partial charge is 0.418 e. The third-order valence-electron chi connectivity index (χ3n) is 2.82. The van der Waals surface area contributed by atoms with Crippen LogP contribution < -0.4 is 0 Å². The van der Waals surface area contributed by atoms with Crippen LogP contribution in [0.2, 0.25) is 5.02 Å². The summed E-state index contributed by atoms with van der Waals surface area (Å²) < 4.78 is 39.9. The number of imidazole rings is 1. The first-order chi connectivity index (χ1) is 9.14. The molecule has 9 heteroatoms. The summed E-state index contributed by atoms with van der Waals surface area (Å²) in [6.07, 6.45) is -3.52. The second-order valence-electron chi connectivity index (χ2n) is 4.45. The molecule has 0 aliphatic rings. The highest BCUT2D eigenvalue weighted by Crippen LogP contribution is 2.43. The van der Waals surface area contributed by atoms with E-state index in [1.807, 2.05) is 0 Å². The van der Waals surface area contributed by atoms with Crippen molar-refractivity contribution in [2.75, 3.05) is 0 Å². The van der Waals surface area contributed by atoms with Crippen LogP contribution in [0.15, 0.2) is 12.4 Å². The number of nitro benzene ring substituents is 1. The van der Waals surface area contributed by atoms with E-state index in [2.05, 4.69) is 4.98 Å². The number of hydrogen-bond donors (Lipinski definition) is 0. The maximum atomic E-state index is 12.8. The molecule has 0 atom stereocenters. The average Bonchev–Trinajstić information content (AvgIpc) is 2.69. The zero-order chi connectivity index (χ0) is 15.2. The summed E-state index contributed by atoms with van der Waals surface area (Å²) in [5.41, 5.74) is -2.15. The Hall–Kier alpha value is -1.83. The van der Waals surface area contributed by atoms with Crippen LogP contribution in [-0.4, -0.2) is 14.5 Å². The maximum Gasteiger partial charge on any atom is 0.418 e. The van der Waals surface area contributed by atoms with Crippen molar-refractivity contribution >= 4 is 28.3 Å². The van der Waals surface area contributed by atoms with Gasteiger partial charge in [-0.05, 0) is 19.9 Å². The van der Waals surface area contributed by atoms with Gasteiger partial charge in [0.25, 0.3) is 0 Å². The van der Waals surface area contributed by atoms with Crippen molar-refractivity contribution in [2.45, 2.75) is 26.1 Å². The minimum atomic E-state index is -4.78. The van der Waals surface area contributed by atoms with Gasteiger partial charge in [0, 0.05) is 6.04 Å². The predicted molar refractivity (Wildman–Crippen MR) is 66.8 cm³/mol. The van der Waals surface area contributed by atoms with Gasteiger partial charge in [-0.15, -0.1) is 0 Å². The predicted octanol–water partition coefficient (Wildman–Crippen LogP) is 4.20. The van der Waals surface area contributed by atoms with Gasteiger partial charge in [0.15, 0.2) is 0 Å². The summed E-state index contributed by atoms with van der Waals surface area (Å²) in [4.78, 5) is 14.0. The van der Waals surface area contributed by atoms with E-state index in [0.29, 0.717) is 0 Å². The first-order valence-corrected chi connectivity index (χ1v) is 5.93. The van der Waals surface area contributed by atoms with Crippen molar-refractivity contribution in [3.8, 4) is 0 Å². The number of alkyl halides is 3. The lowest BCUT2D eigenvalue weighted by atomic mass is 10.1. The second kappa shape index (κ2) is 4.62. The number of fused-ring (bicyclic) bond motifs is 1. The number of rotatable bonds is 2. The van der Waals surface area contributed by atoms with E-state index in [9.17, 15) is 23.3 Å². The molecule has 0 amide bonds. The van der Waals surface area contributed by atoms with Crippen LogP contribution in [0.3, 0.4) is 0 Å². The van der Waals surface area contributed by atoms with E-state index in [1.165, 1.54) is 10.9 Å². The molecule has 0 bridgehead atoms. The van der Waals surface area contributed by atoms with Crippen LogP contribution in [0.4, 0.5) is 18.9 Å². The third kappa shape index (κ3) is 2.20. The number of benzene rings is 1. The molecule has 108 valence electrons. The molecule has 0 aliphatic heterocycles. The summed E-state index contributed by atoms with van der Waals surface area (Å²) in [6.45, 7) is 3.47. The van der Waals surface area contributed by atoms with Gasteiger partial charge in [-0.3, -0.25) is 10.1 Å². The van der Waals surface area contributed by atoms with Gasteiger partial charge in [-0.1, -0.05) is 11.6 Å². The Morgan fingerprint density at radius 2 is 2.05 bits per heavy atom. The van der Waals surface area contributed by atoms with Gasteiger partial charge in [0.1, 0.15) is 10.5 Å². The number of hydrogen-bond acceptors (Lipinski definition) is 3. The smallest absolute Gasteiger partial charge is 0.322 e. The maximum absolute atomic E-state index is 12.8. The number of nitrogens with zero attached hydrogens (tertiary/aromatic N) is 3.